The van der Waals surface area contributed by atoms with Gasteiger partial charge in [-0.2, -0.15) is 0 Å². The lowest BCUT2D eigenvalue weighted by atomic mass is 9.91. The number of anilines is 2. The third-order valence-electron chi connectivity index (χ3n) is 5.34. The number of hydrogen-bond donors (Lipinski definition) is 2. The molecule has 0 radical (unpaired) electrons. The van der Waals surface area contributed by atoms with Gasteiger partial charge in [0.1, 0.15) is 16.7 Å². The maximum absolute atomic E-state index is 13.2. The number of ether oxygens (including phenoxy) is 1. The van der Waals surface area contributed by atoms with Crippen LogP contribution in [0.25, 0.3) is 0 Å². The van der Waals surface area contributed by atoms with Crippen LogP contribution in [0.2, 0.25) is 0 Å². The Morgan fingerprint density at radius 2 is 1.84 bits per heavy atom. The third-order valence-corrected chi connectivity index (χ3v) is 6.06. The first-order valence-electron chi connectivity index (χ1n) is 10.9. The molecule has 176 valence electrons. The minimum absolute atomic E-state index is 0.133. The van der Waals surface area contributed by atoms with Crippen molar-refractivity contribution in [3.63, 3.8) is 0 Å². The quantitative estimate of drug-likeness (QED) is 0.490. The summed E-state index contributed by atoms with van der Waals surface area (Å²) in [5, 5.41) is 3.72. The standard InChI is InChI=1S/C24H37N5O2S/c1-9-29(24(5,6)15-16-31-8)21-17(13-14-18(26-21)23(2,3)4)22(30)28-32-20-12-10-11-19(25-7)27-20/h10-14H,9,15-16H2,1-8H3,(H,25,27)(H,28,30). The van der Waals surface area contributed by atoms with Crippen molar-refractivity contribution in [2.45, 2.75) is 63.9 Å². The Kier molecular flexibility index (Phi) is 8.92. The molecule has 0 unspecified atom stereocenters. The van der Waals surface area contributed by atoms with E-state index in [1.807, 2.05) is 37.4 Å². The average Bonchev–Trinajstić information content (AvgIpc) is 2.75. The van der Waals surface area contributed by atoms with Crippen LogP contribution in [0.5, 0.6) is 0 Å². The molecule has 2 aromatic rings. The molecule has 0 fully saturated rings. The van der Waals surface area contributed by atoms with Crippen LogP contribution in [-0.2, 0) is 10.2 Å². The summed E-state index contributed by atoms with van der Waals surface area (Å²) >= 11 is 1.20. The van der Waals surface area contributed by atoms with E-state index in [0.29, 0.717) is 23.0 Å². The molecule has 1 amide bonds. The predicted octanol–water partition coefficient (Wildman–Crippen LogP) is 4.89. The van der Waals surface area contributed by atoms with Gasteiger partial charge in [-0.05, 0) is 51.5 Å². The zero-order valence-corrected chi connectivity index (χ0v) is 21.4. The fourth-order valence-corrected chi connectivity index (χ4v) is 3.96. The van der Waals surface area contributed by atoms with E-state index in [0.717, 1.165) is 24.5 Å². The van der Waals surface area contributed by atoms with Gasteiger partial charge in [0.2, 0.25) is 0 Å². The van der Waals surface area contributed by atoms with E-state index in [-0.39, 0.29) is 16.9 Å². The van der Waals surface area contributed by atoms with Crippen LogP contribution in [0.1, 0.15) is 64.0 Å². The Hall–Kier alpha value is -2.32. The van der Waals surface area contributed by atoms with E-state index in [4.69, 9.17) is 9.72 Å². The van der Waals surface area contributed by atoms with Crippen LogP contribution < -0.4 is 14.9 Å². The van der Waals surface area contributed by atoms with Gasteiger partial charge in [0.25, 0.3) is 5.91 Å². The van der Waals surface area contributed by atoms with Gasteiger partial charge in [-0.15, -0.1) is 0 Å². The molecular weight excluding hydrogens is 422 g/mol. The van der Waals surface area contributed by atoms with Gasteiger partial charge in [-0.25, -0.2) is 9.97 Å². The highest BCUT2D eigenvalue weighted by molar-refractivity contribution is 7.97. The molecule has 0 saturated heterocycles. The smallest absolute Gasteiger partial charge is 0.265 e. The number of amides is 1. The number of carbonyl (C=O) groups is 1. The number of nitrogens with zero attached hydrogens (tertiary/aromatic N) is 3. The first-order chi connectivity index (χ1) is 15.0. The van der Waals surface area contributed by atoms with Crippen LogP contribution in [0, 0.1) is 0 Å². The summed E-state index contributed by atoms with van der Waals surface area (Å²) < 4.78 is 8.26. The van der Waals surface area contributed by atoms with Crippen molar-refractivity contribution in [2.24, 2.45) is 0 Å². The van der Waals surface area contributed by atoms with Crippen LogP contribution in [0.3, 0.4) is 0 Å². The molecule has 2 rings (SSSR count). The maximum Gasteiger partial charge on any atom is 0.265 e. The lowest BCUT2D eigenvalue weighted by molar-refractivity contribution is 0.0984. The molecule has 0 atom stereocenters. The summed E-state index contributed by atoms with van der Waals surface area (Å²) in [7, 11) is 3.52. The second kappa shape index (κ2) is 11.0. The molecule has 8 heteroatoms. The van der Waals surface area contributed by atoms with Gasteiger partial charge in [-0.1, -0.05) is 26.8 Å². The van der Waals surface area contributed by atoms with Crippen LogP contribution >= 0.6 is 11.9 Å². The zero-order chi connectivity index (χ0) is 23.9. The first kappa shape index (κ1) is 25.9. The van der Waals surface area contributed by atoms with Crippen LogP contribution in [0.15, 0.2) is 35.4 Å². The Morgan fingerprint density at radius 1 is 1.12 bits per heavy atom. The van der Waals surface area contributed by atoms with Gasteiger partial charge in [0.15, 0.2) is 0 Å². The van der Waals surface area contributed by atoms with Crippen molar-refractivity contribution in [1.82, 2.24) is 14.7 Å². The fraction of sp³-hybridized carbons (Fsp3) is 0.542. The molecule has 0 aromatic carbocycles. The second-order valence-electron chi connectivity index (χ2n) is 9.26. The number of carbonyl (C=O) groups excluding carboxylic acids is 1. The summed E-state index contributed by atoms with van der Waals surface area (Å²) in [5.41, 5.74) is 1.12. The average molecular weight is 460 g/mol. The molecule has 2 N–H and O–H groups in total. The van der Waals surface area contributed by atoms with Gasteiger partial charge >= 0.3 is 0 Å². The third kappa shape index (κ3) is 6.59. The SMILES string of the molecule is CCN(c1nc(C(C)(C)C)ccc1C(=O)NSc1cccc(NC)n1)C(C)(C)CCOC. The first-order valence-corrected chi connectivity index (χ1v) is 11.7. The molecule has 0 spiro atoms. The predicted molar refractivity (Wildman–Crippen MR) is 134 cm³/mol. The molecule has 2 aromatic heterocycles. The number of nitrogens with one attached hydrogen (secondary N) is 2. The summed E-state index contributed by atoms with van der Waals surface area (Å²) in [6.45, 7) is 14.1. The van der Waals surface area contributed by atoms with Gasteiger partial charge in [0.05, 0.1) is 5.56 Å². The van der Waals surface area contributed by atoms with E-state index in [9.17, 15) is 4.79 Å². The van der Waals surface area contributed by atoms with E-state index in [1.165, 1.54) is 11.9 Å². The second-order valence-corrected chi connectivity index (χ2v) is 10.1. The molecule has 0 aliphatic carbocycles. The van der Waals surface area contributed by atoms with E-state index >= 15 is 0 Å². The lowest BCUT2D eigenvalue weighted by Crippen LogP contribution is -2.46. The van der Waals surface area contributed by atoms with Crippen molar-refractivity contribution >= 4 is 29.5 Å². The molecule has 0 aliphatic heterocycles. The molecule has 2 heterocycles. The molecule has 0 saturated carbocycles. The Bertz CT molecular complexity index is 912. The maximum atomic E-state index is 13.2. The molecule has 7 nitrogen and oxygen atoms in total. The normalized spacial score (nSPS) is 11.9. The highest BCUT2D eigenvalue weighted by atomic mass is 32.2. The highest BCUT2D eigenvalue weighted by Crippen LogP contribution is 2.31. The minimum atomic E-state index is -0.237. The Labute approximate surface area is 196 Å². The number of rotatable bonds is 10. The zero-order valence-electron chi connectivity index (χ0n) is 20.6. The van der Waals surface area contributed by atoms with Crippen molar-refractivity contribution in [2.75, 3.05) is 37.5 Å². The summed E-state index contributed by atoms with van der Waals surface area (Å²) in [4.78, 5) is 24.9. The minimum Gasteiger partial charge on any atom is -0.385 e. The summed E-state index contributed by atoms with van der Waals surface area (Å²) in [5.74, 6) is 1.24. The molecule has 32 heavy (non-hydrogen) atoms. The van der Waals surface area contributed by atoms with Crippen molar-refractivity contribution in [3.8, 4) is 0 Å². The van der Waals surface area contributed by atoms with Crippen molar-refractivity contribution < 1.29 is 9.53 Å². The molecular formula is C24H37N5O2S. The monoisotopic (exact) mass is 459 g/mol. The van der Waals surface area contributed by atoms with Crippen molar-refractivity contribution in [3.05, 3.63) is 41.6 Å². The van der Waals surface area contributed by atoms with Gasteiger partial charge in [0, 0.05) is 55.9 Å². The van der Waals surface area contributed by atoms with Gasteiger partial charge in [-0.3, -0.25) is 9.52 Å². The van der Waals surface area contributed by atoms with E-state index < -0.39 is 0 Å². The van der Waals surface area contributed by atoms with Crippen LogP contribution in [0.4, 0.5) is 11.6 Å². The topological polar surface area (TPSA) is 79.4 Å². The number of hydrogen-bond acceptors (Lipinski definition) is 7. The fourth-order valence-electron chi connectivity index (χ4n) is 3.36. The number of pyridine rings is 2. The lowest BCUT2D eigenvalue weighted by Gasteiger charge is -2.40. The Balaban J connectivity index is 2.40. The number of methoxy groups -OCH3 is 1. The Morgan fingerprint density at radius 3 is 2.44 bits per heavy atom. The largest absolute Gasteiger partial charge is 0.385 e. The highest BCUT2D eigenvalue weighted by Gasteiger charge is 2.31. The van der Waals surface area contributed by atoms with E-state index in [1.54, 1.807) is 7.11 Å². The molecule has 0 bridgehead atoms. The molecule has 0 aliphatic rings. The number of aromatic nitrogens is 2. The van der Waals surface area contributed by atoms with Crippen LogP contribution in [-0.4, -0.2) is 48.7 Å². The van der Waals surface area contributed by atoms with E-state index in [2.05, 4.69) is 61.5 Å². The van der Waals surface area contributed by atoms with Gasteiger partial charge < -0.3 is 15.0 Å². The summed E-state index contributed by atoms with van der Waals surface area (Å²) in [6, 6.07) is 9.46. The van der Waals surface area contributed by atoms with Crippen molar-refractivity contribution in [1.29, 1.82) is 0 Å². The summed E-state index contributed by atoms with van der Waals surface area (Å²) in [6.07, 6.45) is 0.815.